The predicted octanol–water partition coefficient (Wildman–Crippen LogP) is 4.92. The molecule has 2 rings (SSSR count). The SMILES string of the molecule is CCCCCCCc1ccc(NC(=O)NCc2ccccn2)cc1. The molecule has 0 saturated carbocycles. The fourth-order valence-corrected chi connectivity index (χ4v) is 2.54. The van der Waals surface area contributed by atoms with Crippen LogP contribution in [0.4, 0.5) is 10.5 Å². The van der Waals surface area contributed by atoms with Crippen LogP contribution in [-0.4, -0.2) is 11.0 Å². The molecule has 0 aliphatic carbocycles. The van der Waals surface area contributed by atoms with Crippen molar-refractivity contribution in [3.05, 3.63) is 59.9 Å². The van der Waals surface area contributed by atoms with Crippen LogP contribution in [0.1, 0.15) is 50.3 Å². The standard InChI is InChI=1S/C20H27N3O/c1-2-3-4-5-6-9-17-11-13-18(14-12-17)23-20(24)22-16-19-10-7-8-15-21-19/h7-8,10-15H,2-6,9,16H2,1H3,(H2,22,23,24). The Morgan fingerprint density at radius 2 is 1.79 bits per heavy atom. The molecule has 1 aromatic heterocycles. The molecule has 2 amide bonds. The maximum Gasteiger partial charge on any atom is 0.319 e. The van der Waals surface area contributed by atoms with E-state index >= 15 is 0 Å². The third-order valence-electron chi connectivity index (χ3n) is 3.94. The van der Waals surface area contributed by atoms with E-state index in [2.05, 4.69) is 34.7 Å². The molecule has 1 heterocycles. The van der Waals surface area contributed by atoms with E-state index in [9.17, 15) is 4.79 Å². The molecule has 2 N–H and O–H groups in total. The van der Waals surface area contributed by atoms with E-state index in [4.69, 9.17) is 0 Å². The first-order valence-electron chi connectivity index (χ1n) is 8.81. The zero-order chi connectivity index (χ0) is 17.0. The van der Waals surface area contributed by atoms with Gasteiger partial charge in [0.2, 0.25) is 0 Å². The van der Waals surface area contributed by atoms with Gasteiger partial charge in [-0.05, 0) is 42.7 Å². The van der Waals surface area contributed by atoms with Gasteiger partial charge in [0, 0.05) is 11.9 Å². The summed E-state index contributed by atoms with van der Waals surface area (Å²) in [6, 6.07) is 13.5. The summed E-state index contributed by atoms with van der Waals surface area (Å²) in [5.74, 6) is 0. The maximum absolute atomic E-state index is 11.9. The number of aryl methyl sites for hydroxylation is 1. The molecule has 0 spiro atoms. The largest absolute Gasteiger partial charge is 0.332 e. The Bertz CT molecular complexity index is 596. The van der Waals surface area contributed by atoms with Gasteiger partial charge in [0.25, 0.3) is 0 Å². The van der Waals surface area contributed by atoms with E-state index in [-0.39, 0.29) is 6.03 Å². The summed E-state index contributed by atoms with van der Waals surface area (Å²) in [6.07, 6.45) is 9.29. The molecule has 0 atom stereocenters. The van der Waals surface area contributed by atoms with E-state index in [1.807, 2.05) is 30.3 Å². The predicted molar refractivity (Wildman–Crippen MR) is 99.0 cm³/mol. The van der Waals surface area contributed by atoms with E-state index in [1.54, 1.807) is 6.20 Å². The van der Waals surface area contributed by atoms with Crippen LogP contribution in [0.3, 0.4) is 0 Å². The van der Waals surface area contributed by atoms with Gasteiger partial charge in [-0.15, -0.1) is 0 Å². The molecule has 4 nitrogen and oxygen atoms in total. The third kappa shape index (κ3) is 6.82. The molecule has 0 aliphatic heterocycles. The van der Waals surface area contributed by atoms with Crippen molar-refractivity contribution in [2.45, 2.75) is 52.0 Å². The Labute approximate surface area is 144 Å². The summed E-state index contributed by atoms with van der Waals surface area (Å²) >= 11 is 0. The summed E-state index contributed by atoms with van der Waals surface area (Å²) in [6.45, 7) is 2.65. The van der Waals surface area contributed by atoms with Gasteiger partial charge in [-0.25, -0.2) is 4.79 Å². The summed E-state index contributed by atoms with van der Waals surface area (Å²) in [4.78, 5) is 16.1. The third-order valence-corrected chi connectivity index (χ3v) is 3.94. The number of hydrogen-bond donors (Lipinski definition) is 2. The Kier molecular flexibility index (Phi) is 7.81. The summed E-state index contributed by atoms with van der Waals surface area (Å²) in [5, 5.41) is 5.65. The minimum absolute atomic E-state index is 0.215. The van der Waals surface area contributed by atoms with Gasteiger partial charge in [0.05, 0.1) is 12.2 Å². The van der Waals surface area contributed by atoms with Crippen molar-refractivity contribution in [1.29, 1.82) is 0 Å². The van der Waals surface area contributed by atoms with Crippen LogP contribution in [0.2, 0.25) is 0 Å². The average molecular weight is 325 g/mol. The smallest absolute Gasteiger partial charge is 0.319 e. The molecule has 0 aliphatic rings. The van der Waals surface area contributed by atoms with Crippen LogP contribution < -0.4 is 10.6 Å². The number of carbonyl (C=O) groups excluding carboxylic acids is 1. The topological polar surface area (TPSA) is 54.0 Å². The van der Waals surface area contributed by atoms with Gasteiger partial charge in [-0.3, -0.25) is 4.98 Å². The molecule has 0 bridgehead atoms. The fraction of sp³-hybridized carbons (Fsp3) is 0.400. The van der Waals surface area contributed by atoms with Crippen molar-refractivity contribution in [2.75, 3.05) is 5.32 Å². The van der Waals surface area contributed by atoms with Gasteiger partial charge < -0.3 is 10.6 Å². The normalized spacial score (nSPS) is 10.4. The molecule has 1 aromatic carbocycles. The van der Waals surface area contributed by atoms with Crippen LogP contribution >= 0.6 is 0 Å². The second kappa shape index (κ2) is 10.4. The fourth-order valence-electron chi connectivity index (χ4n) is 2.54. The lowest BCUT2D eigenvalue weighted by Crippen LogP contribution is -2.28. The van der Waals surface area contributed by atoms with Gasteiger partial charge in [-0.1, -0.05) is 50.8 Å². The van der Waals surface area contributed by atoms with Crippen molar-refractivity contribution >= 4 is 11.7 Å². The summed E-state index contributed by atoms with van der Waals surface area (Å²) < 4.78 is 0. The van der Waals surface area contributed by atoms with Crippen LogP contribution in [0.5, 0.6) is 0 Å². The Morgan fingerprint density at radius 1 is 1.00 bits per heavy atom. The number of pyridine rings is 1. The van der Waals surface area contributed by atoms with Crippen LogP contribution in [-0.2, 0) is 13.0 Å². The molecule has 0 fully saturated rings. The van der Waals surface area contributed by atoms with E-state index in [0.29, 0.717) is 6.54 Å². The van der Waals surface area contributed by atoms with Crippen molar-refractivity contribution in [3.8, 4) is 0 Å². The minimum atomic E-state index is -0.215. The highest BCUT2D eigenvalue weighted by Gasteiger charge is 2.02. The Balaban J connectivity index is 1.69. The molecular weight excluding hydrogens is 298 g/mol. The van der Waals surface area contributed by atoms with Crippen LogP contribution in [0.15, 0.2) is 48.7 Å². The van der Waals surface area contributed by atoms with E-state index in [0.717, 1.165) is 17.8 Å². The number of aromatic nitrogens is 1. The summed E-state index contributed by atoms with van der Waals surface area (Å²) in [5.41, 5.74) is 2.97. The lowest BCUT2D eigenvalue weighted by Gasteiger charge is -2.08. The Morgan fingerprint density at radius 3 is 2.50 bits per heavy atom. The quantitative estimate of drug-likeness (QED) is 0.643. The average Bonchev–Trinajstić information content (AvgIpc) is 2.62. The second-order valence-corrected chi connectivity index (χ2v) is 5.99. The van der Waals surface area contributed by atoms with Gasteiger partial charge in [0.1, 0.15) is 0 Å². The number of hydrogen-bond acceptors (Lipinski definition) is 2. The van der Waals surface area contributed by atoms with Gasteiger partial charge >= 0.3 is 6.03 Å². The number of benzene rings is 1. The number of rotatable bonds is 9. The number of nitrogens with zero attached hydrogens (tertiary/aromatic N) is 1. The Hall–Kier alpha value is -2.36. The zero-order valence-electron chi connectivity index (χ0n) is 14.4. The van der Waals surface area contributed by atoms with E-state index in [1.165, 1.54) is 37.7 Å². The number of unbranched alkanes of at least 4 members (excludes halogenated alkanes) is 4. The molecule has 0 unspecified atom stereocenters. The van der Waals surface area contributed by atoms with Crippen molar-refractivity contribution in [1.82, 2.24) is 10.3 Å². The van der Waals surface area contributed by atoms with Crippen molar-refractivity contribution < 1.29 is 4.79 Å². The highest BCUT2D eigenvalue weighted by Crippen LogP contribution is 2.13. The first-order chi connectivity index (χ1) is 11.8. The lowest BCUT2D eigenvalue weighted by molar-refractivity contribution is 0.251. The summed E-state index contributed by atoms with van der Waals surface area (Å²) in [7, 11) is 0. The molecule has 0 radical (unpaired) electrons. The highest BCUT2D eigenvalue weighted by molar-refractivity contribution is 5.89. The van der Waals surface area contributed by atoms with Crippen molar-refractivity contribution in [3.63, 3.8) is 0 Å². The van der Waals surface area contributed by atoms with Crippen molar-refractivity contribution in [2.24, 2.45) is 0 Å². The molecule has 128 valence electrons. The molecule has 4 heteroatoms. The maximum atomic E-state index is 11.9. The minimum Gasteiger partial charge on any atom is -0.332 e. The number of amides is 2. The number of nitrogens with one attached hydrogen (secondary N) is 2. The van der Waals surface area contributed by atoms with Gasteiger partial charge in [0.15, 0.2) is 0 Å². The molecular formula is C20H27N3O. The zero-order valence-corrected chi connectivity index (χ0v) is 14.4. The number of carbonyl (C=O) groups is 1. The second-order valence-electron chi connectivity index (χ2n) is 5.99. The lowest BCUT2D eigenvalue weighted by atomic mass is 10.1. The molecule has 0 saturated heterocycles. The first-order valence-corrected chi connectivity index (χ1v) is 8.81. The molecule has 24 heavy (non-hydrogen) atoms. The van der Waals surface area contributed by atoms with Crippen LogP contribution in [0, 0.1) is 0 Å². The monoisotopic (exact) mass is 325 g/mol. The first kappa shape index (κ1) is 18.0. The van der Waals surface area contributed by atoms with E-state index < -0.39 is 0 Å². The van der Waals surface area contributed by atoms with Crippen LogP contribution in [0.25, 0.3) is 0 Å². The molecule has 2 aromatic rings. The number of urea groups is 1. The highest BCUT2D eigenvalue weighted by atomic mass is 16.2. The van der Waals surface area contributed by atoms with Gasteiger partial charge in [-0.2, -0.15) is 0 Å². The number of anilines is 1.